The van der Waals surface area contributed by atoms with Crippen LogP contribution in [-0.4, -0.2) is 10.9 Å². The average Bonchev–Trinajstić information content (AvgIpc) is 3.47. The average molecular weight is 367 g/mol. The second kappa shape index (κ2) is 6.68. The number of nitrogens with zero attached hydrogens (tertiary/aromatic N) is 3. The molecule has 1 aliphatic rings. The molecule has 1 saturated carbocycles. The summed E-state index contributed by atoms with van der Waals surface area (Å²) in [5, 5.41) is 22.7. The van der Waals surface area contributed by atoms with Crippen LogP contribution >= 0.6 is 0 Å². The van der Waals surface area contributed by atoms with Gasteiger partial charge in [-0.25, -0.2) is 4.98 Å². The third-order valence-electron chi connectivity index (χ3n) is 5.10. The lowest BCUT2D eigenvalue weighted by atomic mass is 9.93. The van der Waals surface area contributed by atoms with Crippen LogP contribution in [-0.2, 0) is 4.79 Å². The molecule has 6 heteroatoms. The van der Waals surface area contributed by atoms with Crippen LogP contribution < -0.4 is 11.1 Å². The summed E-state index contributed by atoms with van der Waals surface area (Å²) in [5.41, 5.74) is 10.0. The Labute approximate surface area is 162 Å². The first-order valence-corrected chi connectivity index (χ1v) is 8.91. The van der Waals surface area contributed by atoms with Gasteiger partial charge in [-0.1, -0.05) is 12.1 Å². The summed E-state index contributed by atoms with van der Waals surface area (Å²) >= 11 is 0. The van der Waals surface area contributed by atoms with Crippen LogP contribution in [0.25, 0.3) is 21.9 Å². The number of fused-ring (bicyclic) bond motifs is 1. The Morgan fingerprint density at radius 1 is 1.29 bits per heavy atom. The summed E-state index contributed by atoms with van der Waals surface area (Å²) in [6.45, 7) is 1.95. The normalized spacial score (nSPS) is 17.5. The second-order valence-corrected chi connectivity index (χ2v) is 7.03. The van der Waals surface area contributed by atoms with Crippen molar-refractivity contribution >= 4 is 28.2 Å². The van der Waals surface area contributed by atoms with E-state index in [0.29, 0.717) is 23.5 Å². The third kappa shape index (κ3) is 3.02. The van der Waals surface area contributed by atoms with Crippen LogP contribution in [0.4, 0.5) is 11.5 Å². The summed E-state index contributed by atoms with van der Waals surface area (Å²) in [7, 11) is 0. The van der Waals surface area contributed by atoms with Crippen molar-refractivity contribution in [3.05, 3.63) is 53.7 Å². The zero-order chi connectivity index (χ0) is 19.8. The van der Waals surface area contributed by atoms with Crippen molar-refractivity contribution in [1.29, 1.82) is 10.5 Å². The van der Waals surface area contributed by atoms with Crippen LogP contribution in [0.2, 0.25) is 0 Å². The van der Waals surface area contributed by atoms with Gasteiger partial charge in [-0.05, 0) is 54.1 Å². The van der Waals surface area contributed by atoms with E-state index < -0.39 is 0 Å². The summed E-state index contributed by atoms with van der Waals surface area (Å²) in [6.07, 6.45) is 2.22. The lowest BCUT2D eigenvalue weighted by molar-refractivity contribution is -0.117. The van der Waals surface area contributed by atoms with Crippen molar-refractivity contribution in [2.24, 2.45) is 11.8 Å². The third-order valence-corrected chi connectivity index (χ3v) is 5.10. The van der Waals surface area contributed by atoms with Crippen molar-refractivity contribution in [1.82, 2.24) is 4.98 Å². The molecule has 2 aromatic carbocycles. The SMILES string of the molecule is Cc1cccc(C#N)c1-c1cc(N)c2cnc(NC(=O)[C@H]3C[C@@H]3C#N)cc2c1. The summed E-state index contributed by atoms with van der Waals surface area (Å²) < 4.78 is 0. The molecule has 1 aromatic heterocycles. The Morgan fingerprint density at radius 3 is 2.82 bits per heavy atom. The number of amides is 1. The number of pyridine rings is 1. The number of carbonyl (C=O) groups excluding carboxylic acids is 1. The van der Waals surface area contributed by atoms with Gasteiger partial charge in [-0.2, -0.15) is 10.5 Å². The lowest BCUT2D eigenvalue weighted by Gasteiger charge is -2.12. The molecule has 1 fully saturated rings. The summed E-state index contributed by atoms with van der Waals surface area (Å²) in [4.78, 5) is 16.5. The van der Waals surface area contributed by atoms with E-state index in [-0.39, 0.29) is 17.7 Å². The molecule has 0 saturated heterocycles. The topological polar surface area (TPSA) is 116 Å². The van der Waals surface area contributed by atoms with E-state index in [2.05, 4.69) is 22.4 Å². The maximum atomic E-state index is 12.2. The first-order valence-electron chi connectivity index (χ1n) is 8.91. The minimum Gasteiger partial charge on any atom is -0.398 e. The van der Waals surface area contributed by atoms with Gasteiger partial charge in [0, 0.05) is 22.8 Å². The van der Waals surface area contributed by atoms with Gasteiger partial charge in [0.15, 0.2) is 0 Å². The number of aryl methyl sites for hydroxylation is 1. The highest BCUT2D eigenvalue weighted by atomic mass is 16.2. The van der Waals surface area contributed by atoms with E-state index in [4.69, 9.17) is 11.0 Å². The molecular formula is C22H17N5O. The molecule has 136 valence electrons. The predicted octanol–water partition coefficient (Wildman–Crippen LogP) is 3.76. The number of hydrogen-bond donors (Lipinski definition) is 2. The van der Waals surface area contributed by atoms with Gasteiger partial charge in [0.05, 0.1) is 29.5 Å². The highest BCUT2D eigenvalue weighted by Crippen LogP contribution is 2.39. The van der Waals surface area contributed by atoms with E-state index in [0.717, 1.165) is 27.5 Å². The first-order chi connectivity index (χ1) is 13.5. The highest BCUT2D eigenvalue weighted by Gasteiger charge is 2.43. The zero-order valence-electron chi connectivity index (χ0n) is 15.2. The molecule has 3 aromatic rings. The Hall–Kier alpha value is -3.90. The van der Waals surface area contributed by atoms with Gasteiger partial charge < -0.3 is 11.1 Å². The Bertz CT molecular complexity index is 1200. The fourth-order valence-corrected chi connectivity index (χ4v) is 3.49. The van der Waals surface area contributed by atoms with E-state index in [1.165, 1.54) is 0 Å². The van der Waals surface area contributed by atoms with Crippen molar-refractivity contribution in [3.8, 4) is 23.3 Å². The molecule has 4 rings (SSSR count). The van der Waals surface area contributed by atoms with Crippen molar-refractivity contribution < 1.29 is 4.79 Å². The Morgan fingerprint density at radius 2 is 2.11 bits per heavy atom. The fraction of sp³-hybridized carbons (Fsp3) is 0.182. The molecule has 1 aliphatic carbocycles. The Kier molecular flexibility index (Phi) is 4.18. The van der Waals surface area contributed by atoms with E-state index >= 15 is 0 Å². The fourth-order valence-electron chi connectivity index (χ4n) is 3.49. The minimum absolute atomic E-state index is 0.187. The number of rotatable bonds is 3. The van der Waals surface area contributed by atoms with Crippen LogP contribution in [0.15, 0.2) is 42.6 Å². The largest absolute Gasteiger partial charge is 0.398 e. The van der Waals surface area contributed by atoms with Crippen LogP contribution in [0, 0.1) is 41.4 Å². The lowest BCUT2D eigenvalue weighted by Crippen LogP contribution is -2.15. The molecule has 28 heavy (non-hydrogen) atoms. The molecule has 6 nitrogen and oxygen atoms in total. The number of nitrogens with two attached hydrogens (primary N) is 1. The number of benzene rings is 2. The van der Waals surface area contributed by atoms with E-state index in [9.17, 15) is 10.1 Å². The van der Waals surface area contributed by atoms with Crippen LogP contribution in [0.1, 0.15) is 17.5 Å². The van der Waals surface area contributed by atoms with Crippen LogP contribution in [0.5, 0.6) is 0 Å². The van der Waals surface area contributed by atoms with Gasteiger partial charge in [0.2, 0.25) is 5.91 Å². The number of nitriles is 2. The molecule has 1 amide bonds. The quantitative estimate of drug-likeness (QED) is 0.684. The number of hydrogen-bond acceptors (Lipinski definition) is 5. The molecule has 0 spiro atoms. The second-order valence-electron chi connectivity index (χ2n) is 7.03. The Balaban J connectivity index is 1.75. The number of aromatic nitrogens is 1. The minimum atomic E-state index is -0.260. The van der Waals surface area contributed by atoms with Gasteiger partial charge in [0.1, 0.15) is 5.82 Å². The number of nitrogen functional groups attached to an aromatic ring is 1. The smallest absolute Gasteiger partial charge is 0.230 e. The molecule has 1 heterocycles. The standard InChI is InChI=1S/C22H17N5O/c1-12-3-2-4-13(9-23)21(12)15-5-14-8-20(26-11-18(14)19(25)7-15)27-22(28)17-6-16(17)10-24/h2-5,7-8,11,16-17H,6,25H2,1H3,(H,26,27,28)/t16-,17+/m1/s1. The van der Waals surface area contributed by atoms with Gasteiger partial charge in [-0.15, -0.1) is 0 Å². The highest BCUT2D eigenvalue weighted by molar-refractivity contribution is 6.00. The molecule has 0 radical (unpaired) electrons. The molecule has 0 aliphatic heterocycles. The van der Waals surface area contributed by atoms with Crippen molar-refractivity contribution in [2.45, 2.75) is 13.3 Å². The molecule has 2 atom stereocenters. The van der Waals surface area contributed by atoms with Crippen molar-refractivity contribution in [3.63, 3.8) is 0 Å². The molecule has 0 unspecified atom stereocenters. The van der Waals surface area contributed by atoms with Gasteiger partial charge >= 0.3 is 0 Å². The molecule has 0 bridgehead atoms. The number of nitrogens with one attached hydrogen (secondary N) is 1. The molecule has 3 N–H and O–H groups in total. The maximum Gasteiger partial charge on any atom is 0.230 e. The molecular weight excluding hydrogens is 350 g/mol. The van der Waals surface area contributed by atoms with Gasteiger partial charge in [-0.3, -0.25) is 4.79 Å². The number of anilines is 2. The monoisotopic (exact) mass is 367 g/mol. The zero-order valence-corrected chi connectivity index (χ0v) is 15.2. The van der Waals surface area contributed by atoms with E-state index in [1.807, 2.05) is 31.2 Å². The summed E-state index contributed by atoms with van der Waals surface area (Å²) in [6, 6.07) is 15.5. The number of carbonyl (C=O) groups is 1. The summed E-state index contributed by atoms with van der Waals surface area (Å²) in [5.74, 6) is -0.228. The van der Waals surface area contributed by atoms with Crippen LogP contribution in [0.3, 0.4) is 0 Å². The van der Waals surface area contributed by atoms with Crippen molar-refractivity contribution in [2.75, 3.05) is 11.1 Å². The predicted molar refractivity (Wildman–Crippen MR) is 107 cm³/mol. The van der Waals surface area contributed by atoms with Gasteiger partial charge in [0.25, 0.3) is 0 Å². The maximum absolute atomic E-state index is 12.2. The van der Waals surface area contributed by atoms with E-state index in [1.54, 1.807) is 18.3 Å². The first kappa shape index (κ1) is 17.5.